The quantitative estimate of drug-likeness (QED) is 0.666. The predicted octanol–water partition coefficient (Wildman–Crippen LogP) is 1.87. The largest absolute Gasteiger partial charge is 0.455 e. The van der Waals surface area contributed by atoms with Crippen LogP contribution in [0.2, 0.25) is 0 Å². The van der Waals surface area contributed by atoms with Gasteiger partial charge in [0.25, 0.3) is 5.91 Å². The van der Waals surface area contributed by atoms with Crippen molar-refractivity contribution in [2.75, 3.05) is 5.32 Å². The van der Waals surface area contributed by atoms with Crippen molar-refractivity contribution < 1.29 is 9.21 Å². The molecule has 6 heteroatoms. The molecule has 96 valence electrons. The molecule has 0 fully saturated rings. The van der Waals surface area contributed by atoms with Gasteiger partial charge in [0, 0.05) is 11.1 Å². The molecule has 19 heavy (non-hydrogen) atoms. The topological polar surface area (TPSA) is 96.9 Å². The van der Waals surface area contributed by atoms with Crippen LogP contribution in [0, 0.1) is 0 Å². The minimum absolute atomic E-state index is 0.241. The van der Waals surface area contributed by atoms with Gasteiger partial charge in [-0.2, -0.15) is 5.10 Å². The first-order chi connectivity index (χ1) is 9.26. The summed E-state index contributed by atoms with van der Waals surface area (Å²) >= 11 is 0. The molecule has 2 aromatic heterocycles. The number of furan rings is 1. The van der Waals surface area contributed by atoms with Crippen molar-refractivity contribution in [2.45, 2.75) is 6.54 Å². The van der Waals surface area contributed by atoms with Crippen LogP contribution in [0.5, 0.6) is 0 Å². The molecular formula is C13H12N4O2. The lowest BCUT2D eigenvalue weighted by Gasteiger charge is -2.02. The van der Waals surface area contributed by atoms with E-state index in [2.05, 4.69) is 15.5 Å². The standard InChI is InChI=1S/C13H12N4O2/c14-6-10-3-4-12(19-10)13(18)16-9-2-1-8-7-15-17-11(8)5-9/h1-5,7H,6,14H2,(H,15,17)(H,16,18). The number of aromatic amines is 1. The van der Waals surface area contributed by atoms with Crippen molar-refractivity contribution in [1.82, 2.24) is 10.2 Å². The van der Waals surface area contributed by atoms with Crippen molar-refractivity contribution in [3.63, 3.8) is 0 Å². The molecule has 0 aliphatic heterocycles. The lowest BCUT2D eigenvalue weighted by atomic mass is 10.2. The summed E-state index contributed by atoms with van der Waals surface area (Å²) in [6.07, 6.45) is 1.72. The van der Waals surface area contributed by atoms with Gasteiger partial charge in [0.15, 0.2) is 5.76 Å². The second kappa shape index (κ2) is 4.58. The van der Waals surface area contributed by atoms with Gasteiger partial charge in [-0.3, -0.25) is 9.89 Å². The SMILES string of the molecule is NCc1ccc(C(=O)Nc2ccc3cn[nH]c3c2)o1. The maximum atomic E-state index is 11.9. The number of carbonyl (C=O) groups is 1. The number of hydrogen-bond donors (Lipinski definition) is 3. The van der Waals surface area contributed by atoms with E-state index in [1.54, 1.807) is 18.3 Å². The van der Waals surface area contributed by atoms with Crippen LogP contribution in [0.15, 0.2) is 40.9 Å². The summed E-state index contributed by atoms with van der Waals surface area (Å²) in [5, 5.41) is 10.5. The number of nitrogens with two attached hydrogens (primary N) is 1. The molecule has 0 saturated carbocycles. The number of H-pyrrole nitrogens is 1. The fourth-order valence-corrected chi connectivity index (χ4v) is 1.82. The molecule has 0 saturated heterocycles. The van der Waals surface area contributed by atoms with E-state index in [0.717, 1.165) is 10.9 Å². The Labute approximate surface area is 108 Å². The summed E-state index contributed by atoms with van der Waals surface area (Å²) in [6.45, 7) is 0.271. The molecule has 4 N–H and O–H groups in total. The number of anilines is 1. The zero-order valence-corrected chi connectivity index (χ0v) is 10.0. The van der Waals surface area contributed by atoms with Crippen molar-refractivity contribution in [3.8, 4) is 0 Å². The number of amides is 1. The Morgan fingerprint density at radius 1 is 1.37 bits per heavy atom. The fourth-order valence-electron chi connectivity index (χ4n) is 1.82. The zero-order chi connectivity index (χ0) is 13.2. The van der Waals surface area contributed by atoms with E-state index in [0.29, 0.717) is 11.4 Å². The van der Waals surface area contributed by atoms with Crippen LogP contribution in [-0.2, 0) is 6.54 Å². The number of hydrogen-bond acceptors (Lipinski definition) is 4. The van der Waals surface area contributed by atoms with Crippen LogP contribution in [0.3, 0.4) is 0 Å². The molecule has 2 heterocycles. The van der Waals surface area contributed by atoms with Crippen molar-refractivity contribution in [2.24, 2.45) is 5.73 Å². The van der Waals surface area contributed by atoms with E-state index in [4.69, 9.17) is 10.2 Å². The number of aromatic nitrogens is 2. The van der Waals surface area contributed by atoms with Gasteiger partial charge < -0.3 is 15.5 Å². The van der Waals surface area contributed by atoms with Crippen LogP contribution in [0.4, 0.5) is 5.69 Å². The molecule has 3 rings (SSSR count). The molecule has 0 aliphatic carbocycles. The number of nitrogens with one attached hydrogen (secondary N) is 2. The second-order valence-electron chi connectivity index (χ2n) is 4.10. The van der Waals surface area contributed by atoms with Gasteiger partial charge in [-0.1, -0.05) is 0 Å². The van der Waals surface area contributed by atoms with Crippen LogP contribution in [0.25, 0.3) is 10.9 Å². The number of carbonyl (C=O) groups excluding carboxylic acids is 1. The Balaban J connectivity index is 1.81. The van der Waals surface area contributed by atoms with Crippen LogP contribution in [-0.4, -0.2) is 16.1 Å². The minimum atomic E-state index is -0.307. The summed E-state index contributed by atoms with van der Waals surface area (Å²) in [5.74, 6) is 0.512. The Bertz CT molecular complexity index is 729. The normalized spacial score (nSPS) is 10.8. The van der Waals surface area contributed by atoms with Crippen molar-refractivity contribution in [1.29, 1.82) is 0 Å². The van der Waals surface area contributed by atoms with E-state index in [-0.39, 0.29) is 18.2 Å². The maximum absolute atomic E-state index is 11.9. The van der Waals surface area contributed by atoms with Gasteiger partial charge in [0.1, 0.15) is 5.76 Å². The highest BCUT2D eigenvalue weighted by Gasteiger charge is 2.11. The summed E-state index contributed by atoms with van der Waals surface area (Å²) in [6, 6.07) is 8.79. The van der Waals surface area contributed by atoms with E-state index < -0.39 is 0 Å². The molecule has 1 aromatic carbocycles. The molecule has 0 spiro atoms. The molecule has 0 unspecified atom stereocenters. The lowest BCUT2D eigenvalue weighted by Crippen LogP contribution is -2.10. The lowest BCUT2D eigenvalue weighted by molar-refractivity contribution is 0.0995. The van der Waals surface area contributed by atoms with E-state index in [9.17, 15) is 4.79 Å². The van der Waals surface area contributed by atoms with Gasteiger partial charge in [-0.25, -0.2) is 0 Å². The summed E-state index contributed by atoms with van der Waals surface area (Å²) < 4.78 is 5.28. The Morgan fingerprint density at radius 3 is 3.05 bits per heavy atom. The highest BCUT2D eigenvalue weighted by atomic mass is 16.4. The molecule has 0 radical (unpaired) electrons. The van der Waals surface area contributed by atoms with Gasteiger partial charge in [-0.15, -0.1) is 0 Å². The van der Waals surface area contributed by atoms with Crippen molar-refractivity contribution >= 4 is 22.5 Å². The number of rotatable bonds is 3. The van der Waals surface area contributed by atoms with E-state index in [1.807, 2.05) is 18.2 Å². The molecule has 3 aromatic rings. The number of fused-ring (bicyclic) bond motifs is 1. The first-order valence-electron chi connectivity index (χ1n) is 5.79. The first kappa shape index (κ1) is 11.5. The third kappa shape index (κ3) is 2.21. The van der Waals surface area contributed by atoms with Gasteiger partial charge >= 0.3 is 0 Å². The Morgan fingerprint density at radius 2 is 2.26 bits per heavy atom. The Kier molecular flexibility index (Phi) is 2.77. The summed E-state index contributed by atoms with van der Waals surface area (Å²) in [5.41, 5.74) is 6.96. The molecule has 0 atom stereocenters. The predicted molar refractivity (Wildman–Crippen MR) is 70.6 cm³/mol. The Hall–Kier alpha value is -2.60. The average Bonchev–Trinajstić information content (AvgIpc) is 3.06. The van der Waals surface area contributed by atoms with Crippen molar-refractivity contribution in [3.05, 3.63) is 48.0 Å². The molecular weight excluding hydrogens is 244 g/mol. The van der Waals surface area contributed by atoms with Crippen LogP contribution in [0.1, 0.15) is 16.3 Å². The third-order valence-electron chi connectivity index (χ3n) is 2.79. The molecule has 0 bridgehead atoms. The molecule has 1 amide bonds. The zero-order valence-electron chi connectivity index (χ0n) is 10.0. The monoisotopic (exact) mass is 256 g/mol. The molecule has 0 aliphatic rings. The summed E-state index contributed by atoms with van der Waals surface area (Å²) in [4.78, 5) is 11.9. The number of nitrogens with zero attached hydrogens (tertiary/aromatic N) is 1. The van der Waals surface area contributed by atoms with E-state index in [1.165, 1.54) is 0 Å². The number of benzene rings is 1. The smallest absolute Gasteiger partial charge is 0.291 e. The first-order valence-corrected chi connectivity index (χ1v) is 5.79. The highest BCUT2D eigenvalue weighted by Crippen LogP contribution is 2.17. The van der Waals surface area contributed by atoms with E-state index >= 15 is 0 Å². The van der Waals surface area contributed by atoms with Gasteiger partial charge in [-0.05, 0) is 30.3 Å². The third-order valence-corrected chi connectivity index (χ3v) is 2.79. The highest BCUT2D eigenvalue weighted by molar-refractivity contribution is 6.03. The van der Waals surface area contributed by atoms with Gasteiger partial charge in [0.05, 0.1) is 18.3 Å². The van der Waals surface area contributed by atoms with Crippen LogP contribution < -0.4 is 11.1 Å². The fraction of sp³-hybridized carbons (Fsp3) is 0.0769. The average molecular weight is 256 g/mol. The summed E-state index contributed by atoms with van der Waals surface area (Å²) in [7, 11) is 0. The molecule has 6 nitrogen and oxygen atoms in total. The second-order valence-corrected chi connectivity index (χ2v) is 4.10. The minimum Gasteiger partial charge on any atom is -0.455 e. The van der Waals surface area contributed by atoms with Crippen LogP contribution >= 0.6 is 0 Å². The maximum Gasteiger partial charge on any atom is 0.291 e. The van der Waals surface area contributed by atoms with Gasteiger partial charge in [0.2, 0.25) is 0 Å².